The van der Waals surface area contributed by atoms with Gasteiger partial charge in [0.05, 0.1) is 19.0 Å². The second-order valence-corrected chi connectivity index (χ2v) is 4.06. The summed E-state index contributed by atoms with van der Waals surface area (Å²) in [6, 6.07) is 0. The maximum absolute atomic E-state index is 13.2. The van der Waals surface area contributed by atoms with Crippen molar-refractivity contribution in [3.8, 4) is 0 Å². The molecule has 0 aliphatic rings. The molecule has 0 aromatic rings. The molecule has 0 radical (unpaired) electrons. The van der Waals surface area contributed by atoms with Gasteiger partial charge >= 0.3 is 5.97 Å². The van der Waals surface area contributed by atoms with Crippen molar-refractivity contribution in [1.82, 2.24) is 5.32 Å². The number of carboxylic acids is 1. The second-order valence-electron chi connectivity index (χ2n) is 4.06. The molecule has 5 N–H and O–H groups in total. The van der Waals surface area contributed by atoms with Gasteiger partial charge in [0.25, 0.3) is 0 Å². The van der Waals surface area contributed by atoms with Crippen LogP contribution in [0.1, 0.15) is 19.8 Å². The molecule has 0 aliphatic heterocycles. The Morgan fingerprint density at radius 1 is 1.67 bits per heavy atom. The Bertz CT molecular complexity index is 333. The van der Waals surface area contributed by atoms with Gasteiger partial charge in [-0.1, -0.05) is 6.08 Å². The maximum atomic E-state index is 13.2. The molecule has 0 rings (SSSR count). The molecule has 7 heteroatoms. The lowest BCUT2D eigenvalue weighted by molar-refractivity contribution is -0.145. The number of carboxylic acid groups (broad SMARTS) is 1. The second kappa shape index (κ2) is 7.78. The first-order chi connectivity index (χ1) is 8.31. The van der Waals surface area contributed by atoms with E-state index in [1.165, 1.54) is 20.1 Å². The molecule has 0 fully saturated rings. The number of nitrogens with two attached hydrogens (primary N) is 1. The molecule has 0 bridgehead atoms. The van der Waals surface area contributed by atoms with E-state index in [1.54, 1.807) is 0 Å². The predicted molar refractivity (Wildman–Crippen MR) is 66.3 cm³/mol. The first-order valence-corrected chi connectivity index (χ1v) is 5.46. The summed E-state index contributed by atoms with van der Waals surface area (Å²) in [7, 11) is 1.36. The van der Waals surface area contributed by atoms with Crippen LogP contribution in [0.25, 0.3) is 0 Å². The van der Waals surface area contributed by atoms with Crippen LogP contribution in [0.4, 0.5) is 4.39 Å². The molecule has 0 aliphatic carbocycles. The Morgan fingerprint density at radius 2 is 2.28 bits per heavy atom. The van der Waals surface area contributed by atoms with Gasteiger partial charge in [-0.2, -0.15) is 0 Å². The molecular weight excluding hydrogens is 241 g/mol. The zero-order valence-electron chi connectivity index (χ0n) is 10.6. The minimum Gasteiger partial charge on any atom is -0.480 e. The van der Waals surface area contributed by atoms with Gasteiger partial charge in [0, 0.05) is 7.11 Å². The van der Waals surface area contributed by atoms with Gasteiger partial charge in [0.2, 0.25) is 0 Å². The molecule has 0 heterocycles. The van der Waals surface area contributed by atoms with Crippen molar-refractivity contribution >= 4 is 11.8 Å². The molecule has 0 unspecified atom stereocenters. The van der Waals surface area contributed by atoms with Crippen LogP contribution in [0.15, 0.2) is 11.9 Å². The summed E-state index contributed by atoms with van der Waals surface area (Å²) in [6.07, 6.45) is 1.53. The highest BCUT2D eigenvalue weighted by molar-refractivity contribution is 5.78. The third-order valence-corrected chi connectivity index (χ3v) is 2.31. The summed E-state index contributed by atoms with van der Waals surface area (Å²) in [5, 5.41) is 18.5. The Labute approximate surface area is 106 Å². The first-order valence-electron chi connectivity index (χ1n) is 5.46. The normalized spacial score (nSPS) is 15.0. The van der Waals surface area contributed by atoms with Crippen molar-refractivity contribution in [1.29, 1.82) is 5.41 Å². The number of rotatable bonds is 8. The summed E-state index contributed by atoms with van der Waals surface area (Å²) >= 11 is 0. The molecule has 0 spiro atoms. The SMILES string of the molecule is COC[C@@](N)(CC/C=C(/F)CNC(C)=N)C(=O)O. The monoisotopic (exact) mass is 261 g/mol. The number of hydrogen-bond acceptors (Lipinski definition) is 4. The number of allylic oxidation sites excluding steroid dienone is 1. The predicted octanol–water partition coefficient (Wildman–Crippen LogP) is 0.635. The Kier molecular flexibility index (Phi) is 7.14. The van der Waals surface area contributed by atoms with Gasteiger partial charge in [-0.3, -0.25) is 10.2 Å². The zero-order chi connectivity index (χ0) is 14.2. The largest absolute Gasteiger partial charge is 0.480 e. The smallest absolute Gasteiger partial charge is 0.326 e. The highest BCUT2D eigenvalue weighted by Gasteiger charge is 2.33. The molecular formula is C11H20FN3O3. The van der Waals surface area contributed by atoms with Crippen molar-refractivity contribution in [3.63, 3.8) is 0 Å². The Morgan fingerprint density at radius 3 is 2.72 bits per heavy atom. The van der Waals surface area contributed by atoms with E-state index in [0.29, 0.717) is 0 Å². The van der Waals surface area contributed by atoms with Crippen LogP contribution in [-0.4, -0.2) is 42.7 Å². The van der Waals surface area contributed by atoms with Crippen LogP contribution in [-0.2, 0) is 9.53 Å². The maximum Gasteiger partial charge on any atom is 0.326 e. The van der Waals surface area contributed by atoms with Gasteiger partial charge in [-0.25, -0.2) is 4.39 Å². The topological polar surface area (TPSA) is 108 Å². The van der Waals surface area contributed by atoms with Crippen LogP contribution in [0.2, 0.25) is 0 Å². The molecule has 0 amide bonds. The molecule has 0 saturated carbocycles. The number of nitrogens with one attached hydrogen (secondary N) is 2. The summed E-state index contributed by atoms with van der Waals surface area (Å²) in [5.74, 6) is -1.46. The van der Waals surface area contributed by atoms with E-state index in [9.17, 15) is 9.18 Å². The lowest BCUT2D eigenvalue weighted by atomic mass is 9.95. The van der Waals surface area contributed by atoms with E-state index in [4.69, 9.17) is 21.0 Å². The van der Waals surface area contributed by atoms with Crippen molar-refractivity contribution in [2.24, 2.45) is 5.73 Å². The van der Waals surface area contributed by atoms with Crippen LogP contribution < -0.4 is 11.1 Å². The van der Waals surface area contributed by atoms with E-state index < -0.39 is 17.3 Å². The van der Waals surface area contributed by atoms with Gasteiger partial charge in [-0.15, -0.1) is 0 Å². The lowest BCUT2D eigenvalue weighted by Gasteiger charge is -2.22. The molecule has 0 aromatic heterocycles. The van der Waals surface area contributed by atoms with Gasteiger partial charge in [0.15, 0.2) is 0 Å². The lowest BCUT2D eigenvalue weighted by Crippen LogP contribution is -2.51. The van der Waals surface area contributed by atoms with Crippen molar-refractivity contribution < 1.29 is 19.0 Å². The number of methoxy groups -OCH3 is 1. The fourth-order valence-corrected chi connectivity index (χ4v) is 1.27. The van der Waals surface area contributed by atoms with Gasteiger partial charge in [-0.05, 0) is 19.8 Å². The van der Waals surface area contributed by atoms with E-state index in [0.717, 1.165) is 0 Å². The number of ether oxygens (including phenoxy) is 1. The zero-order valence-corrected chi connectivity index (χ0v) is 10.6. The van der Waals surface area contributed by atoms with Crippen molar-refractivity contribution in [3.05, 3.63) is 11.9 Å². The fraction of sp³-hybridized carbons (Fsp3) is 0.636. The van der Waals surface area contributed by atoms with Crippen molar-refractivity contribution in [2.45, 2.75) is 25.3 Å². The Hall–Kier alpha value is -1.47. The summed E-state index contributed by atoms with van der Waals surface area (Å²) in [4.78, 5) is 10.9. The quantitative estimate of drug-likeness (QED) is 0.378. The minimum atomic E-state index is -1.50. The van der Waals surface area contributed by atoms with E-state index in [-0.39, 0.29) is 31.8 Å². The minimum absolute atomic E-state index is 0.0766. The van der Waals surface area contributed by atoms with Crippen LogP contribution in [0.3, 0.4) is 0 Å². The third kappa shape index (κ3) is 6.31. The number of hydrogen-bond donors (Lipinski definition) is 4. The van der Waals surface area contributed by atoms with Crippen LogP contribution in [0, 0.1) is 5.41 Å². The molecule has 0 saturated heterocycles. The van der Waals surface area contributed by atoms with Crippen LogP contribution in [0.5, 0.6) is 0 Å². The number of amidine groups is 1. The standard InChI is InChI=1S/C11H20FN3O3/c1-8(13)15-6-9(12)4-3-5-11(14,7-18-2)10(16)17/h4H,3,5-7,14H2,1-2H3,(H2,13,15)(H,16,17)/b9-4+/t11-/m0/s1. The third-order valence-electron chi connectivity index (χ3n) is 2.31. The molecule has 6 nitrogen and oxygen atoms in total. The highest BCUT2D eigenvalue weighted by atomic mass is 19.1. The number of halogens is 1. The van der Waals surface area contributed by atoms with Gasteiger partial charge in [0.1, 0.15) is 11.4 Å². The first kappa shape index (κ1) is 16.5. The number of carbonyl (C=O) groups is 1. The van der Waals surface area contributed by atoms with Crippen LogP contribution >= 0.6 is 0 Å². The Balaban J connectivity index is 4.24. The van der Waals surface area contributed by atoms with E-state index in [2.05, 4.69) is 5.32 Å². The highest BCUT2D eigenvalue weighted by Crippen LogP contribution is 2.12. The summed E-state index contributed by atoms with van der Waals surface area (Å²) in [6.45, 7) is 1.29. The number of aliphatic carboxylic acids is 1. The molecule has 18 heavy (non-hydrogen) atoms. The molecule has 0 aromatic carbocycles. The van der Waals surface area contributed by atoms with E-state index >= 15 is 0 Å². The summed E-state index contributed by atoms with van der Waals surface area (Å²) in [5.41, 5.74) is 4.13. The fourth-order valence-electron chi connectivity index (χ4n) is 1.27. The average Bonchev–Trinajstić information content (AvgIpc) is 2.26. The van der Waals surface area contributed by atoms with Crippen molar-refractivity contribution in [2.75, 3.05) is 20.3 Å². The summed E-state index contributed by atoms with van der Waals surface area (Å²) < 4.78 is 18.0. The van der Waals surface area contributed by atoms with E-state index in [1.807, 2.05) is 0 Å². The average molecular weight is 261 g/mol. The molecule has 104 valence electrons. The van der Waals surface area contributed by atoms with Gasteiger partial charge < -0.3 is 20.9 Å². The molecule has 1 atom stereocenters.